The molecular formula is C15H14BrNO. The molecule has 18 heavy (non-hydrogen) atoms. The van der Waals surface area contributed by atoms with E-state index < -0.39 is 0 Å². The Morgan fingerprint density at radius 3 is 2.89 bits per heavy atom. The van der Waals surface area contributed by atoms with Crippen LogP contribution in [-0.4, -0.2) is 10.4 Å². The molecule has 2 nitrogen and oxygen atoms in total. The van der Waals surface area contributed by atoms with E-state index in [0.717, 1.165) is 17.3 Å². The Hall–Kier alpha value is -1.35. The molecule has 0 radical (unpaired) electrons. The summed E-state index contributed by atoms with van der Waals surface area (Å²) >= 11 is 3.52. The van der Waals surface area contributed by atoms with Gasteiger partial charge in [-0.15, -0.1) is 0 Å². The van der Waals surface area contributed by atoms with Gasteiger partial charge in [0.2, 0.25) is 0 Å². The number of carbonyl (C=O) groups excluding carboxylic acids is 1. The van der Waals surface area contributed by atoms with Crippen molar-refractivity contribution in [3.63, 3.8) is 0 Å². The third-order valence-corrected chi connectivity index (χ3v) is 4.00. The summed E-state index contributed by atoms with van der Waals surface area (Å²) in [7, 11) is 2.05. The lowest BCUT2D eigenvalue weighted by atomic mass is 9.93. The lowest BCUT2D eigenvalue weighted by molar-refractivity contribution is -0.114. The normalized spacial score (nSPS) is 16.1. The van der Waals surface area contributed by atoms with Gasteiger partial charge in [-0.05, 0) is 42.7 Å². The number of fused-ring (bicyclic) bond motifs is 1. The first-order valence-corrected chi connectivity index (χ1v) is 6.93. The van der Waals surface area contributed by atoms with Gasteiger partial charge in [-0.3, -0.25) is 4.79 Å². The quantitative estimate of drug-likeness (QED) is 0.778. The van der Waals surface area contributed by atoms with Crippen molar-refractivity contribution in [3.05, 3.63) is 40.5 Å². The first kappa shape index (κ1) is 11.7. The van der Waals surface area contributed by atoms with Gasteiger partial charge < -0.3 is 4.57 Å². The summed E-state index contributed by atoms with van der Waals surface area (Å²) in [6, 6.07) is 6.28. The lowest BCUT2D eigenvalue weighted by Crippen LogP contribution is -2.01. The summed E-state index contributed by atoms with van der Waals surface area (Å²) < 4.78 is 3.20. The molecule has 0 aliphatic heterocycles. The van der Waals surface area contributed by atoms with Gasteiger partial charge in [0, 0.05) is 40.6 Å². The minimum atomic E-state index is 0.253. The highest BCUT2D eigenvalue weighted by molar-refractivity contribution is 9.10. The molecule has 3 heteroatoms. The number of hydrogen-bond donors (Lipinski definition) is 0. The molecule has 1 aliphatic carbocycles. The molecule has 0 amide bonds. The number of carbonyl (C=O) groups is 1. The number of hydrogen-bond acceptors (Lipinski definition) is 1. The average molecular weight is 304 g/mol. The molecule has 2 aromatic rings. The van der Waals surface area contributed by atoms with Crippen molar-refractivity contribution in [1.82, 2.24) is 4.57 Å². The van der Waals surface area contributed by atoms with Crippen LogP contribution in [0.15, 0.2) is 34.9 Å². The Morgan fingerprint density at radius 1 is 1.28 bits per heavy atom. The molecule has 0 unspecified atom stereocenters. The third kappa shape index (κ3) is 1.93. The predicted molar refractivity (Wildman–Crippen MR) is 77.5 cm³/mol. The number of nitrogens with zero attached hydrogens (tertiary/aromatic N) is 1. The van der Waals surface area contributed by atoms with Gasteiger partial charge in [-0.25, -0.2) is 0 Å². The second kappa shape index (κ2) is 4.39. The van der Waals surface area contributed by atoms with Crippen molar-refractivity contribution in [2.75, 3.05) is 0 Å². The maximum atomic E-state index is 11.6. The Bertz CT molecular complexity index is 666. The maximum absolute atomic E-state index is 11.6. The van der Waals surface area contributed by atoms with E-state index in [1.54, 1.807) is 0 Å². The van der Waals surface area contributed by atoms with Crippen LogP contribution in [0.2, 0.25) is 0 Å². The number of allylic oxidation sites excluding steroid dienone is 2. The first-order chi connectivity index (χ1) is 8.65. The van der Waals surface area contributed by atoms with Gasteiger partial charge in [0.15, 0.2) is 5.78 Å². The monoisotopic (exact) mass is 303 g/mol. The SMILES string of the molecule is Cn1cc(C2=CC(=O)CCC2)c2cc(Br)ccc21. The van der Waals surface area contributed by atoms with Crippen LogP contribution in [0.3, 0.4) is 0 Å². The van der Waals surface area contributed by atoms with Gasteiger partial charge >= 0.3 is 0 Å². The molecule has 1 aromatic carbocycles. The standard InChI is InChI=1S/C15H14BrNO/c1-17-9-14(10-3-2-4-12(18)7-10)13-8-11(16)5-6-15(13)17/h5-9H,2-4H2,1H3. The molecular weight excluding hydrogens is 290 g/mol. The van der Waals surface area contributed by atoms with Crippen molar-refractivity contribution in [3.8, 4) is 0 Å². The number of halogens is 1. The van der Waals surface area contributed by atoms with E-state index >= 15 is 0 Å². The van der Waals surface area contributed by atoms with Gasteiger partial charge in [0.05, 0.1) is 0 Å². The predicted octanol–water partition coefficient (Wildman–Crippen LogP) is 4.08. The molecule has 1 aliphatic rings. The van der Waals surface area contributed by atoms with Crippen LogP contribution in [-0.2, 0) is 11.8 Å². The molecule has 0 saturated heterocycles. The summed E-state index contributed by atoms with van der Waals surface area (Å²) in [5, 5.41) is 1.22. The van der Waals surface area contributed by atoms with E-state index in [9.17, 15) is 4.79 Å². The zero-order valence-corrected chi connectivity index (χ0v) is 11.8. The van der Waals surface area contributed by atoms with Crippen LogP contribution in [0.5, 0.6) is 0 Å². The van der Waals surface area contributed by atoms with Crippen molar-refractivity contribution in [2.45, 2.75) is 19.3 Å². The van der Waals surface area contributed by atoms with Crippen LogP contribution in [0.1, 0.15) is 24.8 Å². The van der Waals surface area contributed by atoms with Crippen molar-refractivity contribution in [1.29, 1.82) is 0 Å². The fourth-order valence-electron chi connectivity index (χ4n) is 2.62. The van der Waals surface area contributed by atoms with Gasteiger partial charge in [0.25, 0.3) is 0 Å². The van der Waals surface area contributed by atoms with E-state index in [1.807, 2.05) is 19.2 Å². The topological polar surface area (TPSA) is 22.0 Å². The Kier molecular flexibility index (Phi) is 2.86. The van der Waals surface area contributed by atoms with Crippen LogP contribution in [0, 0.1) is 0 Å². The highest BCUT2D eigenvalue weighted by Crippen LogP contribution is 2.33. The lowest BCUT2D eigenvalue weighted by Gasteiger charge is -2.11. The zero-order chi connectivity index (χ0) is 12.7. The first-order valence-electron chi connectivity index (χ1n) is 6.13. The van der Waals surface area contributed by atoms with Crippen LogP contribution < -0.4 is 0 Å². The van der Waals surface area contributed by atoms with E-state index in [4.69, 9.17) is 0 Å². The van der Waals surface area contributed by atoms with Crippen LogP contribution in [0.4, 0.5) is 0 Å². The minimum Gasteiger partial charge on any atom is -0.350 e. The summed E-state index contributed by atoms with van der Waals surface area (Å²) in [5.41, 5.74) is 3.57. The van der Waals surface area contributed by atoms with Gasteiger partial charge in [0.1, 0.15) is 0 Å². The molecule has 3 rings (SSSR count). The fourth-order valence-corrected chi connectivity index (χ4v) is 2.99. The zero-order valence-electron chi connectivity index (χ0n) is 10.2. The summed E-state index contributed by atoms with van der Waals surface area (Å²) in [6.45, 7) is 0. The minimum absolute atomic E-state index is 0.253. The number of ketones is 1. The molecule has 0 N–H and O–H groups in total. The van der Waals surface area contributed by atoms with Crippen molar-refractivity contribution in [2.24, 2.45) is 7.05 Å². The molecule has 1 aromatic heterocycles. The molecule has 0 spiro atoms. The molecule has 1 heterocycles. The molecule has 92 valence electrons. The number of benzene rings is 1. The van der Waals surface area contributed by atoms with E-state index in [-0.39, 0.29) is 5.78 Å². The summed E-state index contributed by atoms with van der Waals surface area (Å²) in [6.07, 6.45) is 6.60. The van der Waals surface area contributed by atoms with Gasteiger partial charge in [-0.1, -0.05) is 15.9 Å². The van der Waals surface area contributed by atoms with Crippen molar-refractivity contribution < 1.29 is 4.79 Å². The summed E-state index contributed by atoms with van der Waals surface area (Å²) in [5.74, 6) is 0.253. The largest absolute Gasteiger partial charge is 0.350 e. The maximum Gasteiger partial charge on any atom is 0.155 e. The highest BCUT2D eigenvalue weighted by Gasteiger charge is 2.16. The van der Waals surface area contributed by atoms with E-state index in [1.165, 1.54) is 22.0 Å². The Morgan fingerprint density at radius 2 is 2.11 bits per heavy atom. The molecule has 0 saturated carbocycles. The Balaban J connectivity index is 2.23. The molecule has 0 fully saturated rings. The number of rotatable bonds is 1. The Labute approximate surface area is 114 Å². The van der Waals surface area contributed by atoms with Crippen LogP contribution >= 0.6 is 15.9 Å². The average Bonchev–Trinajstić information content (AvgIpc) is 2.66. The third-order valence-electron chi connectivity index (χ3n) is 3.50. The number of aromatic nitrogens is 1. The van der Waals surface area contributed by atoms with Crippen LogP contribution in [0.25, 0.3) is 16.5 Å². The second-order valence-electron chi connectivity index (χ2n) is 4.80. The smallest absolute Gasteiger partial charge is 0.155 e. The molecule has 0 bridgehead atoms. The van der Waals surface area contributed by atoms with Crippen molar-refractivity contribution >= 4 is 38.2 Å². The van der Waals surface area contributed by atoms with E-state index in [0.29, 0.717) is 6.42 Å². The van der Waals surface area contributed by atoms with E-state index in [2.05, 4.69) is 38.8 Å². The van der Waals surface area contributed by atoms with Gasteiger partial charge in [-0.2, -0.15) is 0 Å². The molecule has 0 atom stereocenters. The summed E-state index contributed by atoms with van der Waals surface area (Å²) in [4.78, 5) is 11.6. The highest BCUT2D eigenvalue weighted by atomic mass is 79.9. The number of aryl methyl sites for hydroxylation is 1. The fraction of sp³-hybridized carbons (Fsp3) is 0.267. The second-order valence-corrected chi connectivity index (χ2v) is 5.72.